The summed E-state index contributed by atoms with van der Waals surface area (Å²) in [5.41, 5.74) is 0.727. The van der Waals surface area contributed by atoms with Crippen LogP contribution in [0.1, 0.15) is 17.4 Å². The molecule has 0 bridgehead atoms. The van der Waals surface area contributed by atoms with E-state index in [1.165, 1.54) is 19.2 Å². The van der Waals surface area contributed by atoms with E-state index in [2.05, 4.69) is 10.2 Å². The summed E-state index contributed by atoms with van der Waals surface area (Å²) in [4.78, 5) is 0. The molecular formula is C13H12ClFN2O2. The molecule has 1 N–H and O–H groups in total. The van der Waals surface area contributed by atoms with E-state index in [9.17, 15) is 9.50 Å². The Morgan fingerprint density at radius 1 is 1.32 bits per heavy atom. The molecule has 0 fully saturated rings. The number of hydrogen-bond donors (Lipinski definition) is 1. The third-order valence-electron chi connectivity index (χ3n) is 2.64. The van der Waals surface area contributed by atoms with Gasteiger partial charge >= 0.3 is 0 Å². The first-order chi connectivity index (χ1) is 9.10. The molecule has 1 aromatic heterocycles. The molecule has 4 nitrogen and oxygen atoms in total. The van der Waals surface area contributed by atoms with Crippen molar-refractivity contribution < 1.29 is 14.2 Å². The molecular weight excluding hydrogens is 271 g/mol. The Morgan fingerprint density at radius 2 is 2.11 bits per heavy atom. The maximum Gasteiger partial charge on any atom is 0.233 e. The van der Waals surface area contributed by atoms with Crippen LogP contribution >= 0.6 is 11.6 Å². The summed E-state index contributed by atoms with van der Waals surface area (Å²) in [5.74, 6) is -0.0957. The third kappa shape index (κ3) is 3.39. The molecule has 1 unspecified atom stereocenters. The van der Waals surface area contributed by atoms with E-state index in [0.717, 1.165) is 0 Å². The van der Waals surface area contributed by atoms with E-state index >= 15 is 0 Å². The largest absolute Gasteiger partial charge is 0.480 e. The van der Waals surface area contributed by atoms with Gasteiger partial charge in [0.05, 0.1) is 12.8 Å². The first kappa shape index (κ1) is 13.7. The van der Waals surface area contributed by atoms with Gasteiger partial charge in [0.25, 0.3) is 0 Å². The molecule has 1 atom stereocenters. The molecule has 19 heavy (non-hydrogen) atoms. The molecule has 0 aliphatic heterocycles. The van der Waals surface area contributed by atoms with Gasteiger partial charge in [0.2, 0.25) is 5.88 Å². The standard InChI is InChI=1S/C13H12ClFN2O2/c1-19-13-5-4-11(16-17-13)12(18)6-8-2-3-9(14)7-10(8)15/h2-5,7,12,18H,6H2,1H3. The van der Waals surface area contributed by atoms with Crippen LogP contribution in [-0.2, 0) is 6.42 Å². The van der Waals surface area contributed by atoms with E-state index in [-0.39, 0.29) is 6.42 Å². The molecule has 0 spiro atoms. The van der Waals surface area contributed by atoms with E-state index < -0.39 is 11.9 Å². The van der Waals surface area contributed by atoms with E-state index in [0.29, 0.717) is 22.2 Å². The summed E-state index contributed by atoms with van der Waals surface area (Å²) in [7, 11) is 1.48. The first-order valence-electron chi connectivity index (χ1n) is 5.59. The van der Waals surface area contributed by atoms with Crippen LogP contribution in [0.25, 0.3) is 0 Å². The molecule has 0 saturated heterocycles. The number of ether oxygens (including phenoxy) is 1. The smallest absolute Gasteiger partial charge is 0.233 e. The number of aliphatic hydroxyl groups excluding tert-OH is 1. The highest BCUT2D eigenvalue weighted by Crippen LogP contribution is 2.21. The van der Waals surface area contributed by atoms with Crippen LogP contribution in [0.5, 0.6) is 5.88 Å². The van der Waals surface area contributed by atoms with Crippen LogP contribution in [0.3, 0.4) is 0 Å². The predicted molar refractivity (Wildman–Crippen MR) is 68.7 cm³/mol. The minimum atomic E-state index is -0.936. The fourth-order valence-electron chi connectivity index (χ4n) is 1.62. The van der Waals surface area contributed by atoms with Crippen molar-refractivity contribution in [1.82, 2.24) is 10.2 Å². The van der Waals surface area contributed by atoms with Gasteiger partial charge in [-0.3, -0.25) is 0 Å². The van der Waals surface area contributed by atoms with Gasteiger partial charge < -0.3 is 9.84 Å². The summed E-state index contributed by atoms with van der Waals surface area (Å²) in [6.45, 7) is 0. The molecule has 0 amide bonds. The molecule has 1 aromatic carbocycles. The maximum absolute atomic E-state index is 13.6. The molecule has 0 radical (unpaired) electrons. The Kier molecular flexibility index (Phi) is 4.29. The van der Waals surface area contributed by atoms with Crippen LogP contribution in [0, 0.1) is 5.82 Å². The van der Waals surface area contributed by atoms with Crippen molar-refractivity contribution in [3.8, 4) is 5.88 Å². The summed E-state index contributed by atoms with van der Waals surface area (Å²) < 4.78 is 18.5. The molecule has 0 saturated carbocycles. The second-order valence-electron chi connectivity index (χ2n) is 3.96. The van der Waals surface area contributed by atoms with Crippen molar-refractivity contribution in [2.24, 2.45) is 0 Å². The summed E-state index contributed by atoms with van der Waals surface area (Å²) in [6, 6.07) is 7.50. The minimum Gasteiger partial charge on any atom is -0.480 e. The fraction of sp³-hybridized carbons (Fsp3) is 0.231. The second-order valence-corrected chi connectivity index (χ2v) is 4.39. The van der Waals surface area contributed by atoms with Crippen molar-refractivity contribution in [1.29, 1.82) is 0 Å². The highest BCUT2D eigenvalue weighted by molar-refractivity contribution is 6.30. The monoisotopic (exact) mass is 282 g/mol. The molecule has 0 aliphatic rings. The number of rotatable bonds is 4. The van der Waals surface area contributed by atoms with Crippen LogP contribution in [0.2, 0.25) is 5.02 Å². The number of benzene rings is 1. The van der Waals surface area contributed by atoms with Gasteiger partial charge in [0, 0.05) is 17.5 Å². The normalized spacial score (nSPS) is 12.2. The number of halogens is 2. The molecule has 0 aliphatic carbocycles. The van der Waals surface area contributed by atoms with Crippen LogP contribution in [0.15, 0.2) is 30.3 Å². The van der Waals surface area contributed by atoms with Crippen LogP contribution in [-0.4, -0.2) is 22.4 Å². The highest BCUT2D eigenvalue weighted by Gasteiger charge is 2.14. The average Bonchev–Trinajstić information content (AvgIpc) is 2.42. The third-order valence-corrected chi connectivity index (χ3v) is 2.87. The maximum atomic E-state index is 13.6. The lowest BCUT2D eigenvalue weighted by atomic mass is 10.1. The van der Waals surface area contributed by atoms with Gasteiger partial charge in [-0.15, -0.1) is 10.2 Å². The van der Waals surface area contributed by atoms with Crippen molar-refractivity contribution in [3.63, 3.8) is 0 Å². The van der Waals surface area contributed by atoms with Crippen molar-refractivity contribution >= 4 is 11.6 Å². The van der Waals surface area contributed by atoms with Gasteiger partial charge in [-0.05, 0) is 23.8 Å². The molecule has 2 aromatic rings. The van der Waals surface area contributed by atoms with Crippen LogP contribution < -0.4 is 4.74 Å². The van der Waals surface area contributed by atoms with E-state index in [1.54, 1.807) is 18.2 Å². The predicted octanol–water partition coefficient (Wildman–Crippen LogP) is 2.55. The topological polar surface area (TPSA) is 55.2 Å². The molecule has 100 valence electrons. The van der Waals surface area contributed by atoms with Gasteiger partial charge in [0.1, 0.15) is 11.9 Å². The Balaban J connectivity index is 2.13. The van der Waals surface area contributed by atoms with Gasteiger partial charge in [-0.2, -0.15) is 0 Å². The van der Waals surface area contributed by atoms with Gasteiger partial charge in [-0.25, -0.2) is 4.39 Å². The number of nitrogens with zero attached hydrogens (tertiary/aromatic N) is 2. The number of aromatic nitrogens is 2. The Hall–Kier alpha value is -1.72. The Bertz CT molecular complexity index is 563. The average molecular weight is 283 g/mol. The molecule has 2 rings (SSSR count). The SMILES string of the molecule is COc1ccc(C(O)Cc2ccc(Cl)cc2F)nn1. The summed E-state index contributed by atoms with van der Waals surface area (Å²) in [5, 5.41) is 17.9. The minimum absolute atomic E-state index is 0.101. The van der Waals surface area contributed by atoms with Crippen LogP contribution in [0.4, 0.5) is 4.39 Å². The number of aliphatic hydroxyl groups is 1. The number of methoxy groups -OCH3 is 1. The zero-order valence-electron chi connectivity index (χ0n) is 10.2. The van der Waals surface area contributed by atoms with Gasteiger partial charge in [0.15, 0.2) is 0 Å². The van der Waals surface area contributed by atoms with Crippen molar-refractivity contribution in [2.45, 2.75) is 12.5 Å². The Labute approximate surface area is 114 Å². The zero-order chi connectivity index (χ0) is 13.8. The van der Waals surface area contributed by atoms with E-state index in [4.69, 9.17) is 16.3 Å². The quantitative estimate of drug-likeness (QED) is 0.936. The first-order valence-corrected chi connectivity index (χ1v) is 5.97. The van der Waals surface area contributed by atoms with E-state index in [1.807, 2.05) is 0 Å². The highest BCUT2D eigenvalue weighted by atomic mass is 35.5. The lowest BCUT2D eigenvalue weighted by molar-refractivity contribution is 0.170. The lowest BCUT2D eigenvalue weighted by Crippen LogP contribution is -2.07. The Morgan fingerprint density at radius 3 is 2.68 bits per heavy atom. The van der Waals surface area contributed by atoms with Crippen molar-refractivity contribution in [3.05, 3.63) is 52.4 Å². The molecule has 6 heteroatoms. The fourth-order valence-corrected chi connectivity index (χ4v) is 1.78. The van der Waals surface area contributed by atoms with Crippen molar-refractivity contribution in [2.75, 3.05) is 7.11 Å². The lowest BCUT2D eigenvalue weighted by Gasteiger charge is -2.10. The second kappa shape index (κ2) is 5.95. The summed E-state index contributed by atoms with van der Waals surface area (Å²) >= 11 is 5.67. The van der Waals surface area contributed by atoms with Gasteiger partial charge in [-0.1, -0.05) is 17.7 Å². The number of hydrogen-bond acceptors (Lipinski definition) is 4. The summed E-state index contributed by atoms with van der Waals surface area (Å²) in [6.07, 6.45) is -0.835. The molecule has 1 heterocycles. The zero-order valence-corrected chi connectivity index (χ0v) is 10.9.